The van der Waals surface area contributed by atoms with Crippen LogP contribution in [0.25, 0.3) is 0 Å². The first-order chi connectivity index (χ1) is 8.34. The minimum Gasteiger partial charge on any atom is -0.497 e. The maximum Gasteiger partial charge on any atom is 0.309 e. The Kier molecular flexibility index (Phi) is 4.19. The van der Waals surface area contributed by atoms with Gasteiger partial charge in [0.1, 0.15) is 17.1 Å². The Hall–Kier alpha value is -1.75. The molecule has 0 heterocycles. The van der Waals surface area contributed by atoms with Gasteiger partial charge in [-0.2, -0.15) is 0 Å². The summed E-state index contributed by atoms with van der Waals surface area (Å²) in [6.07, 6.45) is 0. The lowest BCUT2D eigenvalue weighted by Crippen LogP contribution is -2.35. The van der Waals surface area contributed by atoms with Crippen LogP contribution < -0.4 is 9.47 Å². The van der Waals surface area contributed by atoms with Crippen molar-refractivity contribution in [1.82, 2.24) is 0 Å². The highest BCUT2D eigenvalue weighted by molar-refractivity contribution is 5.71. The van der Waals surface area contributed by atoms with E-state index in [1.165, 1.54) is 28.1 Å². The van der Waals surface area contributed by atoms with Gasteiger partial charge in [-0.05, 0) is 26.0 Å². The summed E-state index contributed by atoms with van der Waals surface area (Å²) >= 11 is 0. The summed E-state index contributed by atoms with van der Waals surface area (Å²) in [5.74, 6) is -1.06. The van der Waals surface area contributed by atoms with Gasteiger partial charge in [0.2, 0.25) is 0 Å². The van der Waals surface area contributed by atoms with Crippen molar-refractivity contribution in [3.8, 4) is 11.5 Å². The summed E-state index contributed by atoms with van der Waals surface area (Å²) in [5.41, 5.74) is -1.11. The zero-order valence-corrected chi connectivity index (χ0v) is 10.9. The fourth-order valence-electron chi connectivity index (χ4n) is 1.69. The topological polar surface area (TPSA) is 76.0 Å². The van der Waals surface area contributed by atoms with Crippen LogP contribution in [0, 0.1) is 5.92 Å². The lowest BCUT2D eigenvalue weighted by Gasteiger charge is -2.29. The highest BCUT2D eigenvalue weighted by Gasteiger charge is 2.37. The van der Waals surface area contributed by atoms with Gasteiger partial charge in [0.15, 0.2) is 0 Å². The highest BCUT2D eigenvalue weighted by Crippen LogP contribution is 2.37. The van der Waals surface area contributed by atoms with Crippen molar-refractivity contribution in [2.75, 3.05) is 14.2 Å². The van der Waals surface area contributed by atoms with Crippen LogP contribution in [0.5, 0.6) is 11.5 Å². The molecule has 1 aromatic carbocycles. The number of methoxy groups -OCH3 is 2. The molecule has 0 aromatic heterocycles. The second-order valence-electron chi connectivity index (χ2n) is 4.27. The van der Waals surface area contributed by atoms with Gasteiger partial charge in [0, 0.05) is 11.6 Å². The molecular weight excluding hydrogens is 236 g/mol. The standard InChI is InChI=1S/C13H18O5/c1-8(12(14)15)13(2,16)10-6-5-9(17-3)7-11(10)18-4/h5-8,16H,1-4H3,(H,14,15). The third-order valence-corrected chi connectivity index (χ3v) is 3.17. The van der Waals surface area contributed by atoms with Crippen LogP contribution >= 0.6 is 0 Å². The molecule has 5 nitrogen and oxygen atoms in total. The Morgan fingerprint density at radius 3 is 2.39 bits per heavy atom. The first-order valence-corrected chi connectivity index (χ1v) is 5.52. The summed E-state index contributed by atoms with van der Waals surface area (Å²) in [5, 5.41) is 19.4. The lowest BCUT2D eigenvalue weighted by molar-refractivity contribution is -0.150. The quantitative estimate of drug-likeness (QED) is 0.835. The normalized spacial score (nSPS) is 15.6. The zero-order chi connectivity index (χ0) is 13.9. The molecule has 1 aromatic rings. The lowest BCUT2D eigenvalue weighted by atomic mass is 9.83. The van der Waals surface area contributed by atoms with Crippen molar-refractivity contribution >= 4 is 5.97 Å². The predicted molar refractivity (Wildman–Crippen MR) is 65.9 cm³/mol. The minimum atomic E-state index is -1.52. The second-order valence-corrected chi connectivity index (χ2v) is 4.27. The average molecular weight is 254 g/mol. The molecule has 18 heavy (non-hydrogen) atoms. The highest BCUT2D eigenvalue weighted by atomic mass is 16.5. The molecule has 0 spiro atoms. The van der Waals surface area contributed by atoms with Crippen LogP contribution in [-0.2, 0) is 10.4 Å². The zero-order valence-electron chi connectivity index (χ0n) is 10.9. The average Bonchev–Trinajstić information content (AvgIpc) is 2.36. The number of aliphatic hydroxyl groups is 1. The third kappa shape index (κ3) is 2.56. The van der Waals surface area contributed by atoms with Crippen LogP contribution in [0.15, 0.2) is 18.2 Å². The number of aliphatic carboxylic acids is 1. The van der Waals surface area contributed by atoms with Gasteiger partial charge in [-0.15, -0.1) is 0 Å². The van der Waals surface area contributed by atoms with E-state index in [1.54, 1.807) is 18.2 Å². The van der Waals surface area contributed by atoms with Crippen molar-refractivity contribution in [1.29, 1.82) is 0 Å². The van der Waals surface area contributed by atoms with Gasteiger partial charge in [0.05, 0.1) is 20.1 Å². The molecule has 0 amide bonds. The number of carboxylic acids is 1. The monoisotopic (exact) mass is 254 g/mol. The van der Waals surface area contributed by atoms with Gasteiger partial charge in [-0.1, -0.05) is 0 Å². The molecule has 0 fully saturated rings. The van der Waals surface area contributed by atoms with Crippen LogP contribution in [0.2, 0.25) is 0 Å². The van der Waals surface area contributed by atoms with Crippen LogP contribution in [-0.4, -0.2) is 30.4 Å². The van der Waals surface area contributed by atoms with E-state index in [4.69, 9.17) is 14.6 Å². The molecule has 2 atom stereocenters. The Bertz CT molecular complexity index is 439. The van der Waals surface area contributed by atoms with E-state index >= 15 is 0 Å². The fourth-order valence-corrected chi connectivity index (χ4v) is 1.69. The molecule has 5 heteroatoms. The number of benzene rings is 1. The van der Waals surface area contributed by atoms with Gasteiger partial charge in [-0.3, -0.25) is 4.79 Å². The molecule has 100 valence electrons. The van der Waals surface area contributed by atoms with Gasteiger partial charge in [-0.25, -0.2) is 0 Å². The van der Waals surface area contributed by atoms with E-state index in [2.05, 4.69) is 0 Å². The molecule has 0 aliphatic heterocycles. The largest absolute Gasteiger partial charge is 0.497 e. The van der Waals surface area contributed by atoms with E-state index in [0.29, 0.717) is 17.1 Å². The van der Waals surface area contributed by atoms with E-state index in [1.807, 2.05) is 0 Å². The molecule has 2 N–H and O–H groups in total. The third-order valence-electron chi connectivity index (χ3n) is 3.17. The van der Waals surface area contributed by atoms with Crippen molar-refractivity contribution in [2.45, 2.75) is 19.4 Å². The summed E-state index contributed by atoms with van der Waals surface area (Å²) in [6, 6.07) is 4.87. The molecule has 0 radical (unpaired) electrons. The molecule has 0 saturated heterocycles. The maximum absolute atomic E-state index is 11.0. The van der Waals surface area contributed by atoms with Crippen LogP contribution in [0.3, 0.4) is 0 Å². The molecule has 0 aliphatic rings. The number of hydrogen-bond acceptors (Lipinski definition) is 4. The number of ether oxygens (including phenoxy) is 2. The summed E-state index contributed by atoms with van der Waals surface area (Å²) in [7, 11) is 2.98. The second kappa shape index (κ2) is 5.27. The van der Waals surface area contributed by atoms with Crippen molar-refractivity contribution in [3.63, 3.8) is 0 Å². The first-order valence-electron chi connectivity index (χ1n) is 5.52. The number of hydrogen-bond donors (Lipinski definition) is 2. The molecule has 0 bridgehead atoms. The number of carbonyl (C=O) groups is 1. The Balaban J connectivity index is 3.27. The van der Waals surface area contributed by atoms with Crippen molar-refractivity contribution in [2.24, 2.45) is 5.92 Å². The van der Waals surface area contributed by atoms with Gasteiger partial charge >= 0.3 is 5.97 Å². The minimum absolute atomic E-state index is 0.396. The SMILES string of the molecule is COc1ccc(C(C)(O)C(C)C(=O)O)c(OC)c1. The van der Waals surface area contributed by atoms with Gasteiger partial charge in [0.25, 0.3) is 0 Å². The first kappa shape index (κ1) is 14.3. The van der Waals surface area contributed by atoms with Crippen LogP contribution in [0.1, 0.15) is 19.4 Å². The Morgan fingerprint density at radius 1 is 1.33 bits per heavy atom. The van der Waals surface area contributed by atoms with Gasteiger partial charge < -0.3 is 19.7 Å². The smallest absolute Gasteiger partial charge is 0.309 e. The van der Waals surface area contributed by atoms with E-state index in [9.17, 15) is 9.90 Å². The molecule has 2 unspecified atom stereocenters. The van der Waals surface area contributed by atoms with E-state index in [0.717, 1.165) is 0 Å². The molecule has 0 saturated carbocycles. The summed E-state index contributed by atoms with van der Waals surface area (Å²) < 4.78 is 10.2. The maximum atomic E-state index is 11.0. The Labute approximate surface area is 106 Å². The van der Waals surface area contributed by atoms with Crippen molar-refractivity contribution < 1.29 is 24.5 Å². The van der Waals surface area contributed by atoms with Crippen molar-refractivity contribution in [3.05, 3.63) is 23.8 Å². The predicted octanol–water partition coefficient (Wildman–Crippen LogP) is 1.63. The number of carboxylic acid groups (broad SMARTS) is 1. The number of rotatable bonds is 5. The molecule has 0 aliphatic carbocycles. The molecule has 1 rings (SSSR count). The fraction of sp³-hybridized carbons (Fsp3) is 0.462. The summed E-state index contributed by atoms with van der Waals surface area (Å²) in [6.45, 7) is 2.90. The van der Waals surface area contributed by atoms with Crippen LogP contribution in [0.4, 0.5) is 0 Å². The molecular formula is C13H18O5. The summed E-state index contributed by atoms with van der Waals surface area (Å²) in [4.78, 5) is 11.0. The van der Waals surface area contributed by atoms with E-state index in [-0.39, 0.29) is 0 Å². The van der Waals surface area contributed by atoms with E-state index < -0.39 is 17.5 Å². The Morgan fingerprint density at radius 2 is 1.94 bits per heavy atom.